The van der Waals surface area contributed by atoms with E-state index in [2.05, 4.69) is 135 Å². The molecule has 0 aromatic rings. The van der Waals surface area contributed by atoms with Gasteiger partial charge in [0.2, 0.25) is 0 Å². The number of ether oxygens (including phenoxy) is 4. The highest BCUT2D eigenvalue weighted by Gasteiger charge is 2.25. The average molecular weight is 1300 g/mol. The number of carbonyl (C=O) groups is 3. The van der Waals surface area contributed by atoms with Gasteiger partial charge in [-0.2, -0.15) is 0 Å². The maximum Gasteiger partial charge on any atom is 0.361 e. The number of nitrogens with zero attached hydrogens (tertiary/aromatic N) is 1. The van der Waals surface area contributed by atoms with Crippen LogP contribution in [0.4, 0.5) is 0 Å². The zero-order valence-electron chi connectivity index (χ0n) is 61.1. The number of rotatable bonds is 71. The number of unbranched alkanes of at least 4 members (excludes halogenated alkanes) is 36. The fourth-order valence-electron chi connectivity index (χ4n) is 10.9. The molecule has 93 heavy (non-hydrogen) atoms. The Kier molecular flexibility index (Phi) is 70.1. The Morgan fingerprint density at radius 3 is 0.860 bits per heavy atom. The van der Waals surface area contributed by atoms with Gasteiger partial charge in [0.15, 0.2) is 6.10 Å². The van der Waals surface area contributed by atoms with Crippen LogP contribution in [0.1, 0.15) is 335 Å². The SMILES string of the molecule is CC/C=C\C/C=C\C/C=C\C/C=C\C/C=C\CCCCCCCCCCCCCCCCCCCCCCCCCCCC(=O)OC(COC(=O)CCCCCCCCCCCCC/C=C\C/C=C\C/C=C\C/C=C\C/C=C\CC)COC(OCC[N+](C)(C)C)C(=O)O. The van der Waals surface area contributed by atoms with Crippen molar-refractivity contribution in [3.8, 4) is 0 Å². The first-order chi connectivity index (χ1) is 45.6. The van der Waals surface area contributed by atoms with Crippen LogP contribution in [-0.4, -0.2) is 87.4 Å². The molecule has 0 bridgehead atoms. The number of likely N-dealkylation sites (N-methyl/N-ethyl adjacent to an activating group) is 1. The van der Waals surface area contributed by atoms with Crippen LogP contribution in [0.2, 0.25) is 0 Å². The van der Waals surface area contributed by atoms with Gasteiger partial charge < -0.3 is 28.5 Å². The van der Waals surface area contributed by atoms with Crippen LogP contribution in [0.3, 0.4) is 0 Å². The Bertz CT molecular complexity index is 1950. The van der Waals surface area contributed by atoms with E-state index in [1.165, 1.54) is 205 Å². The lowest BCUT2D eigenvalue weighted by Crippen LogP contribution is -2.40. The third kappa shape index (κ3) is 74.9. The number of carboxylic acids is 1. The summed E-state index contributed by atoms with van der Waals surface area (Å²) in [6, 6.07) is 0. The molecule has 0 rings (SSSR count). The summed E-state index contributed by atoms with van der Waals surface area (Å²) in [6.45, 7) is 4.68. The minimum absolute atomic E-state index is 0.185. The molecule has 2 unspecified atom stereocenters. The van der Waals surface area contributed by atoms with Crippen LogP contribution in [0, 0.1) is 0 Å². The predicted octanol–water partition coefficient (Wildman–Crippen LogP) is 24.7. The number of esters is 2. The third-order valence-corrected chi connectivity index (χ3v) is 16.7. The van der Waals surface area contributed by atoms with Crippen LogP contribution >= 0.6 is 0 Å². The molecule has 0 aliphatic heterocycles. The topological polar surface area (TPSA) is 108 Å². The summed E-state index contributed by atoms with van der Waals surface area (Å²) in [5.74, 6) is -2.00. The number of aliphatic carboxylic acids is 1. The van der Waals surface area contributed by atoms with Gasteiger partial charge in [-0.15, -0.1) is 0 Å². The molecule has 2 atom stereocenters. The second-order valence-electron chi connectivity index (χ2n) is 26.9. The van der Waals surface area contributed by atoms with Crippen molar-refractivity contribution in [2.45, 2.75) is 347 Å². The quantitative estimate of drug-likeness (QED) is 0.0211. The zero-order valence-corrected chi connectivity index (χ0v) is 61.1. The third-order valence-electron chi connectivity index (χ3n) is 16.7. The standard InChI is InChI=1S/C84H145NO8/c1-6-8-10-12-14-16-18-20-22-24-26-28-30-32-34-35-36-37-38-39-40-41-42-43-44-45-46-47-49-51-53-55-57-59-61-63-65-67-69-71-73-75-82(87)93-80(79-92-84(83(88)89)90-77-76-85(3,4)5)78-91-81(86)74-72-70-68-66-64-62-60-58-56-54-52-50-48-33-31-29-27-25-23-21-19-17-15-13-11-9-7-2/h8-11,14-17,20-23,26-29,32-34,48,80,84H,6-7,12-13,18-19,24-25,30-31,35-47,49-79H2,1-5H3/p+1/b10-8-,11-9-,16-14-,17-15-,22-20-,23-21-,28-26-,29-27-,34-32-,48-33-. The van der Waals surface area contributed by atoms with E-state index >= 15 is 0 Å². The lowest BCUT2D eigenvalue weighted by molar-refractivity contribution is -0.870. The Hall–Kier alpha value is -4.31. The second-order valence-corrected chi connectivity index (χ2v) is 26.9. The molecule has 0 amide bonds. The number of carboxylic acid groups (broad SMARTS) is 1. The van der Waals surface area contributed by atoms with Crippen LogP contribution in [0.25, 0.3) is 0 Å². The van der Waals surface area contributed by atoms with Crippen molar-refractivity contribution >= 4 is 17.9 Å². The van der Waals surface area contributed by atoms with Gasteiger partial charge in [0.25, 0.3) is 6.29 Å². The molecule has 1 N–H and O–H groups in total. The molecule has 0 heterocycles. The molecule has 0 aliphatic carbocycles. The predicted molar refractivity (Wildman–Crippen MR) is 401 cm³/mol. The molecule has 534 valence electrons. The van der Waals surface area contributed by atoms with Gasteiger partial charge in [-0.05, 0) is 103 Å². The van der Waals surface area contributed by atoms with E-state index in [9.17, 15) is 19.5 Å². The fourth-order valence-corrected chi connectivity index (χ4v) is 10.9. The summed E-state index contributed by atoms with van der Waals surface area (Å²) in [5, 5.41) is 9.77. The monoisotopic (exact) mass is 1300 g/mol. The fraction of sp³-hybridized carbons (Fsp3) is 0.726. The first-order valence-corrected chi connectivity index (χ1v) is 38.7. The molecule has 0 aromatic heterocycles. The molecule has 0 radical (unpaired) electrons. The van der Waals surface area contributed by atoms with Crippen LogP contribution in [-0.2, 0) is 33.3 Å². The Balaban J connectivity index is 4.00. The van der Waals surface area contributed by atoms with E-state index in [1.54, 1.807) is 0 Å². The maximum atomic E-state index is 13.0. The molecule has 9 nitrogen and oxygen atoms in total. The van der Waals surface area contributed by atoms with Gasteiger partial charge in [-0.1, -0.05) is 341 Å². The van der Waals surface area contributed by atoms with E-state index in [1.807, 2.05) is 21.1 Å². The zero-order chi connectivity index (χ0) is 67.5. The highest BCUT2D eigenvalue weighted by Crippen LogP contribution is 2.18. The normalized spacial score (nSPS) is 13.3. The lowest BCUT2D eigenvalue weighted by atomic mass is 10.0. The van der Waals surface area contributed by atoms with Crippen molar-refractivity contribution in [1.82, 2.24) is 0 Å². The summed E-state index contributed by atoms with van der Waals surface area (Å²) in [6.07, 6.45) is 102. The average Bonchev–Trinajstić information content (AvgIpc) is 3.38. The number of allylic oxidation sites excluding steroid dienone is 20. The molecule has 0 fully saturated rings. The minimum atomic E-state index is -1.52. The molecular weight excluding hydrogens is 1150 g/mol. The first-order valence-electron chi connectivity index (χ1n) is 38.7. The van der Waals surface area contributed by atoms with Crippen molar-refractivity contribution in [3.63, 3.8) is 0 Å². The highest BCUT2D eigenvalue weighted by atomic mass is 16.7. The van der Waals surface area contributed by atoms with E-state index in [0.717, 1.165) is 103 Å². The molecule has 9 heteroatoms. The molecule has 0 spiro atoms. The van der Waals surface area contributed by atoms with Gasteiger partial charge in [-0.3, -0.25) is 9.59 Å². The summed E-state index contributed by atoms with van der Waals surface area (Å²) in [4.78, 5) is 37.7. The summed E-state index contributed by atoms with van der Waals surface area (Å²) in [7, 11) is 5.98. The van der Waals surface area contributed by atoms with Crippen LogP contribution < -0.4 is 0 Å². The lowest BCUT2D eigenvalue weighted by Gasteiger charge is -2.25. The molecule has 0 saturated heterocycles. The second kappa shape index (κ2) is 73.5. The Labute approximate surface area is 574 Å². The van der Waals surface area contributed by atoms with Crippen molar-refractivity contribution in [1.29, 1.82) is 0 Å². The minimum Gasteiger partial charge on any atom is -0.477 e. The highest BCUT2D eigenvalue weighted by molar-refractivity contribution is 5.71. The Morgan fingerprint density at radius 2 is 0.581 bits per heavy atom. The van der Waals surface area contributed by atoms with Gasteiger partial charge in [0.1, 0.15) is 13.2 Å². The van der Waals surface area contributed by atoms with Gasteiger partial charge in [0, 0.05) is 12.8 Å². The maximum absolute atomic E-state index is 13.0. The van der Waals surface area contributed by atoms with Crippen molar-refractivity contribution in [2.24, 2.45) is 0 Å². The van der Waals surface area contributed by atoms with E-state index in [4.69, 9.17) is 18.9 Å². The van der Waals surface area contributed by atoms with Crippen molar-refractivity contribution in [3.05, 3.63) is 122 Å². The largest absolute Gasteiger partial charge is 0.477 e. The van der Waals surface area contributed by atoms with Crippen LogP contribution in [0.15, 0.2) is 122 Å². The summed E-state index contributed by atoms with van der Waals surface area (Å²) >= 11 is 0. The van der Waals surface area contributed by atoms with Gasteiger partial charge in [0.05, 0.1) is 34.4 Å². The summed E-state index contributed by atoms with van der Waals surface area (Å²) in [5.41, 5.74) is 0. The van der Waals surface area contributed by atoms with E-state index < -0.39 is 24.3 Å². The number of hydrogen-bond donors (Lipinski definition) is 1. The van der Waals surface area contributed by atoms with E-state index in [0.29, 0.717) is 17.4 Å². The number of quaternary nitrogens is 1. The summed E-state index contributed by atoms with van der Waals surface area (Å²) < 4.78 is 23.0. The smallest absolute Gasteiger partial charge is 0.361 e. The molecule has 0 aromatic carbocycles. The van der Waals surface area contributed by atoms with Crippen molar-refractivity contribution in [2.75, 3.05) is 47.5 Å². The number of carbonyl (C=O) groups excluding carboxylic acids is 2. The van der Waals surface area contributed by atoms with Crippen molar-refractivity contribution < 1.29 is 42.9 Å². The molecular formula is C84H146NO8+. The van der Waals surface area contributed by atoms with Crippen LogP contribution in [0.5, 0.6) is 0 Å². The molecule has 0 saturated carbocycles. The Morgan fingerprint density at radius 1 is 0.323 bits per heavy atom. The van der Waals surface area contributed by atoms with E-state index in [-0.39, 0.29) is 32.2 Å². The first kappa shape index (κ1) is 88.7. The molecule has 0 aliphatic rings. The van der Waals surface area contributed by atoms with Gasteiger partial charge in [-0.25, -0.2) is 4.79 Å². The van der Waals surface area contributed by atoms with Gasteiger partial charge >= 0.3 is 17.9 Å². The number of hydrogen-bond acceptors (Lipinski definition) is 7.